The molecule has 0 aromatic heterocycles. The first kappa shape index (κ1) is 19.4. The third kappa shape index (κ3) is 4.89. The number of nitrogens with zero attached hydrogens (tertiary/aromatic N) is 1. The molecule has 144 valence electrons. The van der Waals surface area contributed by atoms with Crippen LogP contribution in [0.25, 0.3) is 0 Å². The Hall–Kier alpha value is -2.34. The van der Waals surface area contributed by atoms with Gasteiger partial charge in [-0.3, -0.25) is 4.79 Å². The fourth-order valence-electron chi connectivity index (χ4n) is 3.33. The predicted molar refractivity (Wildman–Crippen MR) is 105 cm³/mol. The lowest BCUT2D eigenvalue weighted by Crippen LogP contribution is -2.43. The van der Waals surface area contributed by atoms with E-state index in [2.05, 4.69) is 0 Å². The Balaban J connectivity index is 1.75. The average Bonchev–Trinajstić information content (AvgIpc) is 3.01. The van der Waals surface area contributed by atoms with Crippen LogP contribution in [0.15, 0.2) is 48.5 Å². The van der Waals surface area contributed by atoms with E-state index in [1.165, 1.54) is 0 Å². The maximum Gasteiger partial charge on any atom is 0.261 e. The summed E-state index contributed by atoms with van der Waals surface area (Å²) in [6.07, 6.45) is 0.477. The minimum Gasteiger partial charge on any atom is -0.483 e. The van der Waals surface area contributed by atoms with E-state index in [4.69, 9.17) is 4.74 Å². The number of hydrogen-bond acceptors (Lipinski definition) is 4. The molecule has 0 radical (unpaired) electrons. The lowest BCUT2D eigenvalue weighted by Gasteiger charge is -2.28. The fourth-order valence-corrected chi connectivity index (χ4v) is 5.06. The Morgan fingerprint density at radius 1 is 1.11 bits per heavy atom. The second-order valence-electron chi connectivity index (χ2n) is 7.05. The van der Waals surface area contributed by atoms with Gasteiger partial charge in [-0.1, -0.05) is 42.5 Å². The molecule has 1 fully saturated rings. The summed E-state index contributed by atoms with van der Waals surface area (Å²) in [5.74, 6) is 0.646. The van der Waals surface area contributed by atoms with E-state index >= 15 is 0 Å². The average molecular weight is 388 g/mol. The summed E-state index contributed by atoms with van der Waals surface area (Å²) >= 11 is 0. The number of ether oxygens (including phenoxy) is 1. The molecule has 0 N–H and O–H groups in total. The van der Waals surface area contributed by atoms with Crippen molar-refractivity contribution in [1.82, 2.24) is 4.90 Å². The van der Waals surface area contributed by atoms with Crippen LogP contribution in [0.5, 0.6) is 5.75 Å². The van der Waals surface area contributed by atoms with E-state index in [0.717, 1.165) is 16.7 Å². The lowest BCUT2D eigenvalue weighted by molar-refractivity contribution is -0.136. The Bertz CT molecular complexity index is 909. The van der Waals surface area contributed by atoms with Gasteiger partial charge in [0.25, 0.3) is 5.91 Å². The van der Waals surface area contributed by atoms with Crippen LogP contribution in [0.3, 0.4) is 0 Å². The molecule has 1 heterocycles. The topological polar surface area (TPSA) is 63.7 Å². The van der Waals surface area contributed by atoms with Crippen LogP contribution in [0.4, 0.5) is 0 Å². The van der Waals surface area contributed by atoms with E-state index in [1.807, 2.05) is 62.4 Å². The predicted octanol–water partition coefficient (Wildman–Crippen LogP) is 2.90. The largest absolute Gasteiger partial charge is 0.483 e. The molecular weight excluding hydrogens is 362 g/mol. The van der Waals surface area contributed by atoms with Crippen LogP contribution in [0, 0.1) is 13.8 Å². The fraction of sp³-hybridized carbons (Fsp3) is 0.381. The van der Waals surface area contributed by atoms with E-state index in [0.29, 0.717) is 18.7 Å². The van der Waals surface area contributed by atoms with E-state index in [9.17, 15) is 13.2 Å². The highest BCUT2D eigenvalue weighted by atomic mass is 32.2. The number of amides is 1. The molecular formula is C21H25NO4S. The summed E-state index contributed by atoms with van der Waals surface area (Å²) in [5.41, 5.74) is 3.08. The van der Waals surface area contributed by atoms with Crippen LogP contribution < -0.4 is 4.74 Å². The minimum absolute atomic E-state index is 0.0229. The first-order valence-corrected chi connectivity index (χ1v) is 10.9. The smallest absolute Gasteiger partial charge is 0.261 e. The van der Waals surface area contributed by atoms with Crippen molar-refractivity contribution in [3.8, 4) is 5.75 Å². The second-order valence-corrected chi connectivity index (χ2v) is 9.28. The molecule has 0 unspecified atom stereocenters. The summed E-state index contributed by atoms with van der Waals surface area (Å²) in [6.45, 7) is 4.24. The number of carbonyl (C=O) groups is 1. The zero-order chi connectivity index (χ0) is 19.4. The SMILES string of the molecule is Cc1cccc(OCC(=O)N(Cc2ccccc2)[C@H]2CCS(=O)(=O)C2)c1C. The maximum atomic E-state index is 12.9. The van der Waals surface area contributed by atoms with Crippen molar-refractivity contribution in [2.45, 2.75) is 32.9 Å². The van der Waals surface area contributed by atoms with E-state index < -0.39 is 9.84 Å². The molecule has 1 aliphatic rings. The maximum absolute atomic E-state index is 12.9. The van der Waals surface area contributed by atoms with Crippen molar-refractivity contribution in [2.75, 3.05) is 18.1 Å². The monoisotopic (exact) mass is 387 g/mol. The van der Waals surface area contributed by atoms with Crippen LogP contribution in [-0.4, -0.2) is 43.4 Å². The quantitative estimate of drug-likeness (QED) is 0.765. The zero-order valence-electron chi connectivity index (χ0n) is 15.7. The summed E-state index contributed by atoms with van der Waals surface area (Å²) in [5, 5.41) is 0. The van der Waals surface area contributed by atoms with Crippen LogP contribution in [0.1, 0.15) is 23.1 Å². The molecule has 2 aromatic rings. The van der Waals surface area contributed by atoms with Gasteiger partial charge < -0.3 is 9.64 Å². The Morgan fingerprint density at radius 2 is 1.85 bits per heavy atom. The highest BCUT2D eigenvalue weighted by molar-refractivity contribution is 7.91. The molecule has 1 saturated heterocycles. The van der Waals surface area contributed by atoms with Crippen LogP contribution in [-0.2, 0) is 21.2 Å². The highest BCUT2D eigenvalue weighted by Crippen LogP contribution is 2.23. The second kappa shape index (κ2) is 8.13. The Morgan fingerprint density at radius 3 is 2.52 bits per heavy atom. The number of sulfone groups is 1. The summed E-state index contributed by atoms with van der Waals surface area (Å²) in [4.78, 5) is 14.6. The van der Waals surface area contributed by atoms with Gasteiger partial charge in [0.2, 0.25) is 0 Å². The zero-order valence-corrected chi connectivity index (χ0v) is 16.5. The first-order valence-electron chi connectivity index (χ1n) is 9.08. The molecule has 0 aliphatic carbocycles. The van der Waals surface area contributed by atoms with Crippen molar-refractivity contribution in [2.24, 2.45) is 0 Å². The van der Waals surface area contributed by atoms with Gasteiger partial charge in [-0.05, 0) is 43.0 Å². The van der Waals surface area contributed by atoms with Gasteiger partial charge in [0.1, 0.15) is 5.75 Å². The summed E-state index contributed by atoms with van der Waals surface area (Å²) in [6, 6.07) is 15.1. The van der Waals surface area contributed by atoms with Gasteiger partial charge in [-0.25, -0.2) is 8.42 Å². The molecule has 2 aromatic carbocycles. The molecule has 0 spiro atoms. The molecule has 1 aliphatic heterocycles. The van der Waals surface area contributed by atoms with Crippen LogP contribution >= 0.6 is 0 Å². The van der Waals surface area contributed by atoms with E-state index in [1.54, 1.807) is 4.90 Å². The van der Waals surface area contributed by atoms with Gasteiger partial charge in [0.15, 0.2) is 16.4 Å². The van der Waals surface area contributed by atoms with Crippen molar-refractivity contribution in [3.05, 3.63) is 65.2 Å². The van der Waals surface area contributed by atoms with Crippen molar-refractivity contribution in [1.29, 1.82) is 0 Å². The van der Waals surface area contributed by atoms with Gasteiger partial charge in [-0.15, -0.1) is 0 Å². The van der Waals surface area contributed by atoms with Crippen LogP contribution in [0.2, 0.25) is 0 Å². The molecule has 5 nitrogen and oxygen atoms in total. The Kier molecular flexibility index (Phi) is 5.85. The molecule has 1 amide bonds. The van der Waals surface area contributed by atoms with Crippen molar-refractivity contribution >= 4 is 15.7 Å². The van der Waals surface area contributed by atoms with Crippen molar-refractivity contribution in [3.63, 3.8) is 0 Å². The van der Waals surface area contributed by atoms with Gasteiger partial charge in [0.05, 0.1) is 11.5 Å². The number of hydrogen-bond donors (Lipinski definition) is 0. The number of carbonyl (C=O) groups excluding carboxylic acids is 1. The summed E-state index contributed by atoms with van der Waals surface area (Å²) < 4.78 is 29.6. The highest BCUT2D eigenvalue weighted by Gasteiger charge is 2.34. The third-order valence-electron chi connectivity index (χ3n) is 5.07. The summed E-state index contributed by atoms with van der Waals surface area (Å²) in [7, 11) is -3.08. The molecule has 3 rings (SSSR count). The molecule has 0 bridgehead atoms. The third-order valence-corrected chi connectivity index (χ3v) is 6.82. The minimum atomic E-state index is -3.08. The molecule has 1 atom stereocenters. The standard InChI is InChI=1S/C21H25NO4S/c1-16-7-6-10-20(17(16)2)26-14-21(23)22(13-18-8-4-3-5-9-18)19-11-12-27(24,25)15-19/h3-10,19H,11-15H2,1-2H3/t19-/m0/s1. The number of rotatable bonds is 6. The molecule has 0 saturated carbocycles. The number of benzene rings is 2. The molecule has 6 heteroatoms. The van der Waals surface area contributed by atoms with Crippen molar-refractivity contribution < 1.29 is 17.9 Å². The normalized spacial score (nSPS) is 18.2. The number of aryl methyl sites for hydroxylation is 1. The van der Waals surface area contributed by atoms with Gasteiger partial charge in [-0.2, -0.15) is 0 Å². The lowest BCUT2D eigenvalue weighted by atomic mass is 10.1. The Labute approximate surface area is 160 Å². The van der Waals surface area contributed by atoms with Gasteiger partial charge in [0, 0.05) is 12.6 Å². The first-order chi connectivity index (χ1) is 12.9. The van der Waals surface area contributed by atoms with E-state index in [-0.39, 0.29) is 30.1 Å². The van der Waals surface area contributed by atoms with Gasteiger partial charge >= 0.3 is 0 Å². The molecule has 27 heavy (non-hydrogen) atoms.